The smallest absolute Gasteiger partial charge is 0.0645 e. The molecule has 2 aliphatic rings. The number of rotatable bonds is 2. The number of ether oxygens (including phenoxy) is 1. The van der Waals surface area contributed by atoms with Crippen molar-refractivity contribution in [1.82, 2.24) is 10.2 Å². The summed E-state index contributed by atoms with van der Waals surface area (Å²) >= 11 is 0. The van der Waals surface area contributed by atoms with Gasteiger partial charge in [-0.1, -0.05) is 0 Å². The molecule has 5 heteroatoms. The molecule has 0 atom stereocenters. The van der Waals surface area contributed by atoms with Crippen molar-refractivity contribution in [3.63, 3.8) is 0 Å². The first-order chi connectivity index (χ1) is 4.88. The van der Waals surface area contributed by atoms with Crippen molar-refractivity contribution >= 4 is 24.8 Å². The van der Waals surface area contributed by atoms with Crippen LogP contribution in [0.15, 0.2) is 0 Å². The van der Waals surface area contributed by atoms with Gasteiger partial charge in [-0.05, 0) is 7.05 Å². The molecule has 0 bridgehead atoms. The molecule has 74 valence electrons. The fourth-order valence-electron chi connectivity index (χ4n) is 1.32. The Bertz CT molecular complexity index is 115. The van der Waals surface area contributed by atoms with Gasteiger partial charge in [0.2, 0.25) is 0 Å². The standard InChI is InChI=1S/C7H14N2O.2ClH/c1-9(6-2-8-3-6)7-4-10-5-7;;/h6-8H,2-5H2,1H3;2*1H. The summed E-state index contributed by atoms with van der Waals surface area (Å²) in [5.41, 5.74) is 0. The van der Waals surface area contributed by atoms with Crippen molar-refractivity contribution in [2.45, 2.75) is 12.1 Å². The van der Waals surface area contributed by atoms with Gasteiger partial charge in [-0.25, -0.2) is 0 Å². The molecule has 0 unspecified atom stereocenters. The quantitative estimate of drug-likeness (QED) is 0.708. The van der Waals surface area contributed by atoms with E-state index in [1.165, 1.54) is 0 Å². The van der Waals surface area contributed by atoms with Crippen molar-refractivity contribution in [3.8, 4) is 0 Å². The summed E-state index contributed by atoms with van der Waals surface area (Å²) in [4.78, 5) is 2.43. The first kappa shape index (κ1) is 12.5. The van der Waals surface area contributed by atoms with Gasteiger partial charge in [0.05, 0.1) is 19.3 Å². The zero-order valence-electron chi connectivity index (χ0n) is 7.16. The molecule has 2 saturated heterocycles. The molecule has 2 aliphatic heterocycles. The van der Waals surface area contributed by atoms with Crippen LogP contribution in [0.1, 0.15) is 0 Å². The monoisotopic (exact) mass is 214 g/mol. The SMILES string of the molecule is CN(C1CNC1)C1COC1.Cl.Cl. The topological polar surface area (TPSA) is 24.5 Å². The molecule has 0 amide bonds. The highest BCUT2D eigenvalue weighted by Crippen LogP contribution is 2.13. The summed E-state index contributed by atoms with van der Waals surface area (Å²) in [5.74, 6) is 0. The lowest BCUT2D eigenvalue weighted by molar-refractivity contribution is -0.0752. The summed E-state index contributed by atoms with van der Waals surface area (Å²) in [6.07, 6.45) is 0. The second-order valence-corrected chi connectivity index (χ2v) is 3.17. The minimum Gasteiger partial charge on any atom is -0.378 e. The van der Waals surface area contributed by atoms with Crippen molar-refractivity contribution < 1.29 is 4.74 Å². The first-order valence-electron chi connectivity index (χ1n) is 3.88. The highest BCUT2D eigenvalue weighted by Gasteiger charge is 2.31. The maximum Gasteiger partial charge on any atom is 0.0645 e. The molecule has 2 heterocycles. The van der Waals surface area contributed by atoms with Crippen LogP contribution in [0, 0.1) is 0 Å². The van der Waals surface area contributed by atoms with Crippen LogP contribution >= 0.6 is 24.8 Å². The van der Waals surface area contributed by atoms with Crippen molar-refractivity contribution in [2.75, 3.05) is 33.4 Å². The third kappa shape index (κ3) is 2.24. The predicted octanol–water partition coefficient (Wildman–Crippen LogP) is 0.132. The number of likely N-dealkylation sites (N-methyl/N-ethyl adjacent to an activating group) is 1. The van der Waals surface area contributed by atoms with Gasteiger partial charge in [0.15, 0.2) is 0 Å². The van der Waals surface area contributed by atoms with E-state index >= 15 is 0 Å². The molecular weight excluding hydrogens is 199 g/mol. The van der Waals surface area contributed by atoms with Crippen LogP contribution in [0.5, 0.6) is 0 Å². The van der Waals surface area contributed by atoms with E-state index in [2.05, 4.69) is 17.3 Å². The van der Waals surface area contributed by atoms with Gasteiger partial charge in [0, 0.05) is 19.1 Å². The molecule has 1 N–H and O–H groups in total. The lowest BCUT2D eigenvalue weighted by atomic mass is 10.1. The summed E-state index contributed by atoms with van der Waals surface area (Å²) in [7, 11) is 2.19. The molecule has 2 fully saturated rings. The van der Waals surface area contributed by atoms with E-state index in [1.54, 1.807) is 0 Å². The average molecular weight is 215 g/mol. The Labute approximate surface area is 85.6 Å². The molecule has 0 aromatic heterocycles. The predicted molar refractivity (Wildman–Crippen MR) is 53.5 cm³/mol. The molecule has 0 aromatic carbocycles. The third-order valence-electron chi connectivity index (χ3n) is 2.53. The van der Waals surface area contributed by atoms with Crippen LogP contribution < -0.4 is 5.32 Å². The maximum atomic E-state index is 5.11. The molecule has 0 saturated carbocycles. The van der Waals surface area contributed by atoms with Crippen molar-refractivity contribution in [3.05, 3.63) is 0 Å². The Morgan fingerprint density at radius 3 is 2.00 bits per heavy atom. The molecule has 3 nitrogen and oxygen atoms in total. The van der Waals surface area contributed by atoms with Crippen LogP contribution in [0.4, 0.5) is 0 Å². The van der Waals surface area contributed by atoms with E-state index in [4.69, 9.17) is 4.74 Å². The summed E-state index contributed by atoms with van der Waals surface area (Å²) in [6.45, 7) is 4.19. The normalized spacial score (nSPS) is 23.5. The minimum atomic E-state index is 0. The number of nitrogens with one attached hydrogen (secondary N) is 1. The second kappa shape index (κ2) is 5.25. The lowest BCUT2D eigenvalue weighted by Gasteiger charge is -2.43. The molecule has 2 rings (SSSR count). The Morgan fingerprint density at radius 1 is 1.17 bits per heavy atom. The van der Waals surface area contributed by atoms with E-state index in [1.807, 2.05) is 0 Å². The number of hydrogen-bond donors (Lipinski definition) is 1. The second-order valence-electron chi connectivity index (χ2n) is 3.17. The van der Waals surface area contributed by atoms with E-state index < -0.39 is 0 Å². The summed E-state index contributed by atoms with van der Waals surface area (Å²) in [5, 5.41) is 3.26. The summed E-state index contributed by atoms with van der Waals surface area (Å²) in [6, 6.07) is 1.47. The largest absolute Gasteiger partial charge is 0.378 e. The Hall–Kier alpha value is 0.460. The number of hydrogen-bond acceptors (Lipinski definition) is 3. The van der Waals surface area contributed by atoms with Gasteiger partial charge in [-0.3, -0.25) is 4.90 Å². The van der Waals surface area contributed by atoms with Gasteiger partial charge >= 0.3 is 0 Å². The van der Waals surface area contributed by atoms with Crippen LogP contribution in [-0.2, 0) is 4.74 Å². The minimum absolute atomic E-state index is 0. The molecular formula is C7H16Cl2N2O. The Balaban J connectivity index is 0.000000605. The summed E-state index contributed by atoms with van der Waals surface area (Å²) < 4.78 is 5.11. The lowest BCUT2D eigenvalue weighted by Crippen LogP contribution is -2.62. The zero-order valence-corrected chi connectivity index (χ0v) is 8.79. The van der Waals surface area contributed by atoms with Gasteiger partial charge in [0.25, 0.3) is 0 Å². The fourth-order valence-corrected chi connectivity index (χ4v) is 1.32. The third-order valence-corrected chi connectivity index (χ3v) is 2.53. The molecule has 0 radical (unpaired) electrons. The van der Waals surface area contributed by atoms with Gasteiger partial charge in [-0.15, -0.1) is 24.8 Å². The van der Waals surface area contributed by atoms with Crippen LogP contribution in [0.3, 0.4) is 0 Å². The van der Waals surface area contributed by atoms with Crippen LogP contribution in [0.2, 0.25) is 0 Å². The molecule has 0 spiro atoms. The number of halogens is 2. The first-order valence-corrected chi connectivity index (χ1v) is 3.88. The van der Waals surface area contributed by atoms with Crippen molar-refractivity contribution in [1.29, 1.82) is 0 Å². The molecule has 0 aliphatic carbocycles. The van der Waals surface area contributed by atoms with Gasteiger partial charge in [-0.2, -0.15) is 0 Å². The highest BCUT2D eigenvalue weighted by atomic mass is 35.5. The van der Waals surface area contributed by atoms with E-state index in [0.29, 0.717) is 6.04 Å². The average Bonchev–Trinajstić information content (AvgIpc) is 1.52. The highest BCUT2D eigenvalue weighted by molar-refractivity contribution is 5.85. The van der Waals surface area contributed by atoms with Crippen LogP contribution in [-0.4, -0.2) is 50.3 Å². The molecule has 0 aromatic rings. The van der Waals surface area contributed by atoms with Gasteiger partial charge in [0.1, 0.15) is 0 Å². The van der Waals surface area contributed by atoms with E-state index in [-0.39, 0.29) is 24.8 Å². The zero-order chi connectivity index (χ0) is 6.97. The van der Waals surface area contributed by atoms with Gasteiger partial charge < -0.3 is 10.1 Å². The maximum absolute atomic E-state index is 5.11. The van der Waals surface area contributed by atoms with E-state index in [0.717, 1.165) is 32.3 Å². The fraction of sp³-hybridized carbons (Fsp3) is 1.00. The van der Waals surface area contributed by atoms with Crippen LogP contribution in [0.25, 0.3) is 0 Å². The Morgan fingerprint density at radius 2 is 1.75 bits per heavy atom. The van der Waals surface area contributed by atoms with Crippen molar-refractivity contribution in [2.24, 2.45) is 0 Å². The Kier molecular flexibility index (Phi) is 5.45. The molecule has 12 heavy (non-hydrogen) atoms. The number of nitrogens with zero attached hydrogens (tertiary/aromatic N) is 1. The van der Waals surface area contributed by atoms with E-state index in [9.17, 15) is 0 Å².